The first-order chi connectivity index (χ1) is 17.5. The average molecular weight is 530 g/mol. The number of anilines is 2. The molecule has 4 aromatic rings. The summed E-state index contributed by atoms with van der Waals surface area (Å²) in [5, 5.41) is 0.440. The maximum absolute atomic E-state index is 13.6. The number of ketones is 1. The van der Waals surface area contributed by atoms with Crippen LogP contribution in [0.4, 0.5) is 24.7 Å². The predicted octanol–water partition coefficient (Wildman–Crippen LogP) is 5.18. The highest BCUT2D eigenvalue weighted by molar-refractivity contribution is 7.92. The lowest BCUT2D eigenvalue weighted by molar-refractivity contribution is -0.137. The topological polar surface area (TPSA) is 120 Å². The van der Waals surface area contributed by atoms with Crippen molar-refractivity contribution in [2.24, 2.45) is 0 Å². The Morgan fingerprint density at radius 2 is 1.76 bits per heavy atom. The van der Waals surface area contributed by atoms with Gasteiger partial charge in [-0.2, -0.15) is 13.2 Å². The van der Waals surface area contributed by atoms with E-state index in [1.807, 2.05) is 4.57 Å². The van der Waals surface area contributed by atoms with Gasteiger partial charge in [-0.25, -0.2) is 18.4 Å². The van der Waals surface area contributed by atoms with Gasteiger partial charge in [-0.1, -0.05) is 25.0 Å². The molecule has 2 aromatic carbocycles. The van der Waals surface area contributed by atoms with Crippen molar-refractivity contribution in [1.29, 1.82) is 0 Å². The quantitative estimate of drug-likeness (QED) is 0.332. The van der Waals surface area contributed by atoms with Gasteiger partial charge in [-0.15, -0.1) is 0 Å². The molecule has 12 heteroatoms. The second kappa shape index (κ2) is 9.18. The minimum atomic E-state index is -4.58. The van der Waals surface area contributed by atoms with Crippen molar-refractivity contribution in [3.8, 4) is 0 Å². The van der Waals surface area contributed by atoms with Crippen LogP contribution >= 0.6 is 0 Å². The van der Waals surface area contributed by atoms with Crippen molar-refractivity contribution < 1.29 is 26.4 Å². The molecule has 0 radical (unpaired) electrons. The third kappa shape index (κ3) is 4.76. The molecular weight excluding hydrogens is 507 g/mol. The minimum absolute atomic E-state index is 0.0782. The molecule has 0 atom stereocenters. The highest BCUT2D eigenvalue weighted by Crippen LogP contribution is 2.36. The van der Waals surface area contributed by atoms with E-state index in [0.29, 0.717) is 28.7 Å². The van der Waals surface area contributed by atoms with Crippen LogP contribution in [0, 0.1) is 0 Å². The van der Waals surface area contributed by atoms with Gasteiger partial charge in [-0.05, 0) is 49.2 Å². The number of fused-ring (bicyclic) bond motifs is 1. The fourth-order valence-corrected chi connectivity index (χ4v) is 5.71. The summed E-state index contributed by atoms with van der Waals surface area (Å²) in [5.74, 6) is -0.219. The number of nitrogens with one attached hydrogen (secondary N) is 1. The lowest BCUT2D eigenvalue weighted by Crippen LogP contribution is -2.14. The zero-order chi connectivity index (χ0) is 26.4. The van der Waals surface area contributed by atoms with Gasteiger partial charge in [0.1, 0.15) is 17.8 Å². The van der Waals surface area contributed by atoms with Crippen molar-refractivity contribution >= 4 is 38.3 Å². The number of hydrogen-bond acceptors (Lipinski definition) is 6. The molecule has 1 saturated carbocycles. The van der Waals surface area contributed by atoms with Crippen LogP contribution in [0.1, 0.15) is 53.2 Å². The van der Waals surface area contributed by atoms with Crippen LogP contribution in [0.3, 0.4) is 0 Å². The SMILES string of the molecule is Nc1ncnc2c1c(C(=O)c1cccc(NS(=O)(=O)c3ccc(C(F)(F)F)cc3)c1)cn2C1CCCC1. The van der Waals surface area contributed by atoms with E-state index in [0.717, 1.165) is 37.8 Å². The number of halogens is 3. The zero-order valence-electron chi connectivity index (χ0n) is 19.4. The largest absolute Gasteiger partial charge is 0.416 e. The third-order valence-corrected chi connectivity index (χ3v) is 7.87. The van der Waals surface area contributed by atoms with E-state index in [9.17, 15) is 26.4 Å². The van der Waals surface area contributed by atoms with E-state index in [-0.39, 0.29) is 33.8 Å². The molecule has 1 fully saturated rings. The fraction of sp³-hybridized carbons (Fsp3) is 0.240. The molecular formula is C25H22F3N5O3S. The number of nitrogen functional groups attached to an aromatic ring is 1. The molecule has 3 N–H and O–H groups in total. The number of sulfonamides is 1. The van der Waals surface area contributed by atoms with Crippen LogP contribution in [-0.2, 0) is 16.2 Å². The highest BCUT2D eigenvalue weighted by atomic mass is 32.2. The Bertz CT molecular complexity index is 1590. The summed E-state index contributed by atoms with van der Waals surface area (Å²) >= 11 is 0. The Balaban J connectivity index is 1.46. The predicted molar refractivity (Wildman–Crippen MR) is 132 cm³/mol. The molecule has 192 valence electrons. The normalized spacial score (nSPS) is 14.8. The summed E-state index contributed by atoms with van der Waals surface area (Å²) in [7, 11) is -4.20. The number of carbonyl (C=O) groups excluding carboxylic acids is 1. The summed E-state index contributed by atoms with van der Waals surface area (Å²) < 4.78 is 68.3. The number of nitrogens with zero attached hydrogens (tertiary/aromatic N) is 3. The van der Waals surface area contributed by atoms with Crippen molar-refractivity contribution in [1.82, 2.24) is 14.5 Å². The third-order valence-electron chi connectivity index (χ3n) is 6.47. The summed E-state index contributed by atoms with van der Waals surface area (Å²) in [6.07, 6.45) is 2.58. The van der Waals surface area contributed by atoms with E-state index in [1.165, 1.54) is 30.6 Å². The Morgan fingerprint density at radius 1 is 1.05 bits per heavy atom. The van der Waals surface area contributed by atoms with Crippen LogP contribution < -0.4 is 10.5 Å². The molecule has 37 heavy (non-hydrogen) atoms. The molecule has 0 saturated heterocycles. The van der Waals surface area contributed by atoms with E-state index < -0.39 is 21.8 Å². The molecule has 0 amide bonds. The number of hydrogen-bond donors (Lipinski definition) is 2. The molecule has 0 aliphatic heterocycles. The fourth-order valence-electron chi connectivity index (χ4n) is 4.66. The summed E-state index contributed by atoms with van der Waals surface area (Å²) in [5.41, 5.74) is 6.32. The Morgan fingerprint density at radius 3 is 2.43 bits per heavy atom. The first kappa shape index (κ1) is 24.8. The average Bonchev–Trinajstić information content (AvgIpc) is 3.52. The lowest BCUT2D eigenvalue weighted by atomic mass is 10.0. The van der Waals surface area contributed by atoms with Crippen LogP contribution in [-0.4, -0.2) is 28.7 Å². The van der Waals surface area contributed by atoms with Crippen LogP contribution in [0.25, 0.3) is 11.0 Å². The van der Waals surface area contributed by atoms with Gasteiger partial charge < -0.3 is 10.3 Å². The number of alkyl halides is 3. The van der Waals surface area contributed by atoms with Gasteiger partial charge in [-0.3, -0.25) is 9.52 Å². The molecule has 1 aliphatic carbocycles. The van der Waals surface area contributed by atoms with Crippen LogP contribution in [0.5, 0.6) is 0 Å². The van der Waals surface area contributed by atoms with E-state index in [4.69, 9.17) is 5.73 Å². The highest BCUT2D eigenvalue weighted by Gasteiger charge is 2.31. The van der Waals surface area contributed by atoms with Crippen molar-refractivity contribution in [2.75, 3.05) is 10.5 Å². The summed E-state index contributed by atoms with van der Waals surface area (Å²) in [6, 6.07) is 9.19. The first-order valence-corrected chi connectivity index (χ1v) is 13.0. The first-order valence-electron chi connectivity index (χ1n) is 11.5. The molecule has 8 nitrogen and oxygen atoms in total. The van der Waals surface area contributed by atoms with Gasteiger partial charge >= 0.3 is 6.18 Å². The molecule has 5 rings (SSSR count). The van der Waals surface area contributed by atoms with Gasteiger partial charge in [0.05, 0.1) is 21.4 Å². The Kier molecular flexibility index (Phi) is 6.14. The van der Waals surface area contributed by atoms with Crippen molar-refractivity contribution in [3.63, 3.8) is 0 Å². The second-order valence-electron chi connectivity index (χ2n) is 8.88. The van der Waals surface area contributed by atoms with E-state index >= 15 is 0 Å². The summed E-state index contributed by atoms with van der Waals surface area (Å²) in [4.78, 5) is 21.6. The van der Waals surface area contributed by atoms with Gasteiger partial charge in [0.2, 0.25) is 0 Å². The van der Waals surface area contributed by atoms with E-state index in [1.54, 1.807) is 6.20 Å². The van der Waals surface area contributed by atoms with E-state index in [2.05, 4.69) is 14.7 Å². The van der Waals surface area contributed by atoms with Crippen LogP contribution in [0.2, 0.25) is 0 Å². The number of carbonyl (C=O) groups is 1. The Labute approximate surface area is 210 Å². The molecule has 0 bridgehead atoms. The minimum Gasteiger partial charge on any atom is -0.383 e. The van der Waals surface area contributed by atoms with Crippen molar-refractivity contribution in [3.05, 3.63) is 77.7 Å². The monoisotopic (exact) mass is 529 g/mol. The smallest absolute Gasteiger partial charge is 0.383 e. The summed E-state index contributed by atoms with van der Waals surface area (Å²) in [6.45, 7) is 0. The Hall–Kier alpha value is -3.93. The van der Waals surface area contributed by atoms with Gasteiger partial charge in [0.25, 0.3) is 10.0 Å². The molecule has 2 heterocycles. The molecule has 1 aliphatic rings. The molecule has 0 unspecified atom stereocenters. The van der Waals surface area contributed by atoms with Gasteiger partial charge in [0.15, 0.2) is 5.78 Å². The van der Waals surface area contributed by atoms with Crippen molar-refractivity contribution in [2.45, 2.75) is 42.8 Å². The van der Waals surface area contributed by atoms with Crippen LogP contribution in [0.15, 0.2) is 66.0 Å². The number of rotatable bonds is 6. The lowest BCUT2D eigenvalue weighted by Gasteiger charge is -2.12. The number of aromatic nitrogens is 3. The second-order valence-corrected chi connectivity index (χ2v) is 10.6. The number of benzene rings is 2. The zero-order valence-corrected chi connectivity index (χ0v) is 20.2. The molecule has 0 spiro atoms. The maximum atomic E-state index is 13.6. The standard InChI is InChI=1S/C25H22F3N5O3S/c26-25(27,28)16-8-10-19(11-9-16)37(35,36)32-17-5-3-4-15(12-17)22(34)20-13-33(18-6-1-2-7-18)24-21(20)23(29)30-14-31-24/h3-5,8-14,18,32H,1-2,6-7H2,(H2,29,30,31). The number of nitrogens with two attached hydrogens (primary N) is 1. The molecule has 2 aromatic heterocycles. The van der Waals surface area contributed by atoms with Gasteiger partial charge in [0, 0.05) is 23.5 Å². The maximum Gasteiger partial charge on any atom is 0.416 e.